The molecule has 0 spiro atoms. The Kier molecular flexibility index (Phi) is 5.31. The van der Waals surface area contributed by atoms with Gasteiger partial charge in [-0.25, -0.2) is 0 Å². The van der Waals surface area contributed by atoms with Crippen LogP contribution < -0.4 is 9.80 Å². The molecule has 0 atom stereocenters. The van der Waals surface area contributed by atoms with Gasteiger partial charge < -0.3 is 14.7 Å². The van der Waals surface area contributed by atoms with Gasteiger partial charge in [-0.15, -0.1) is 0 Å². The maximum Gasteiger partial charge on any atom is 0.253 e. The summed E-state index contributed by atoms with van der Waals surface area (Å²) in [7, 11) is 0. The summed E-state index contributed by atoms with van der Waals surface area (Å²) in [4.78, 5) is 31.3. The fraction of sp³-hybridized carbons (Fsp3) is 0.417. The van der Waals surface area contributed by atoms with E-state index in [1.165, 1.54) is 16.8 Å². The van der Waals surface area contributed by atoms with E-state index in [1.54, 1.807) is 0 Å². The monoisotopic (exact) mass is 391 g/mol. The van der Waals surface area contributed by atoms with Crippen LogP contribution in [0.1, 0.15) is 40.4 Å². The molecule has 0 bridgehead atoms. The van der Waals surface area contributed by atoms with Crippen LogP contribution in [-0.2, 0) is 11.2 Å². The third kappa shape index (κ3) is 3.61. The Morgan fingerprint density at radius 1 is 0.931 bits per heavy atom. The van der Waals surface area contributed by atoms with E-state index in [0.29, 0.717) is 13.0 Å². The van der Waals surface area contributed by atoms with Crippen molar-refractivity contribution in [2.45, 2.75) is 33.6 Å². The van der Waals surface area contributed by atoms with Gasteiger partial charge in [0.15, 0.2) is 0 Å². The lowest BCUT2D eigenvalue weighted by molar-refractivity contribution is -0.118. The molecule has 2 amide bonds. The van der Waals surface area contributed by atoms with Crippen LogP contribution >= 0.6 is 0 Å². The highest BCUT2D eigenvalue weighted by atomic mass is 16.2. The van der Waals surface area contributed by atoms with Crippen molar-refractivity contribution in [1.82, 2.24) is 4.90 Å². The minimum Gasteiger partial charge on any atom is -0.368 e. The van der Waals surface area contributed by atoms with Crippen LogP contribution in [0.2, 0.25) is 0 Å². The first-order valence-electron chi connectivity index (χ1n) is 10.5. The molecule has 0 N–H and O–H groups in total. The predicted molar refractivity (Wildman–Crippen MR) is 117 cm³/mol. The zero-order chi connectivity index (χ0) is 20.5. The molecule has 0 radical (unpaired) electrons. The summed E-state index contributed by atoms with van der Waals surface area (Å²) >= 11 is 0. The number of carbonyl (C=O) groups is 2. The number of aryl methyl sites for hydroxylation is 1. The van der Waals surface area contributed by atoms with Crippen LogP contribution in [0.3, 0.4) is 0 Å². The summed E-state index contributed by atoms with van der Waals surface area (Å²) in [5.41, 5.74) is 6.69. The molecule has 152 valence electrons. The Morgan fingerprint density at radius 2 is 1.69 bits per heavy atom. The fourth-order valence-corrected chi connectivity index (χ4v) is 4.40. The van der Waals surface area contributed by atoms with Gasteiger partial charge in [-0.05, 0) is 61.2 Å². The van der Waals surface area contributed by atoms with E-state index in [0.717, 1.165) is 49.4 Å². The van der Waals surface area contributed by atoms with Crippen molar-refractivity contribution in [3.8, 4) is 0 Å². The number of amides is 2. The molecule has 5 heteroatoms. The normalized spacial score (nSPS) is 16.2. The van der Waals surface area contributed by atoms with Gasteiger partial charge in [-0.2, -0.15) is 0 Å². The van der Waals surface area contributed by atoms with Crippen molar-refractivity contribution >= 4 is 23.2 Å². The molecule has 5 nitrogen and oxygen atoms in total. The molecule has 2 aliphatic heterocycles. The molecule has 0 aliphatic carbocycles. The fourth-order valence-electron chi connectivity index (χ4n) is 4.40. The smallest absolute Gasteiger partial charge is 0.253 e. The predicted octanol–water partition coefficient (Wildman–Crippen LogP) is 3.56. The van der Waals surface area contributed by atoms with Gasteiger partial charge in [0, 0.05) is 56.1 Å². The third-order valence-electron chi connectivity index (χ3n) is 6.31. The van der Waals surface area contributed by atoms with Gasteiger partial charge >= 0.3 is 0 Å². The van der Waals surface area contributed by atoms with Crippen LogP contribution in [0, 0.1) is 13.8 Å². The van der Waals surface area contributed by atoms with E-state index in [9.17, 15) is 9.59 Å². The summed E-state index contributed by atoms with van der Waals surface area (Å²) in [6.07, 6.45) is 1.33. The lowest BCUT2D eigenvalue weighted by atomic mass is 10.1. The molecule has 1 saturated heterocycles. The Labute approximate surface area is 172 Å². The summed E-state index contributed by atoms with van der Waals surface area (Å²) < 4.78 is 0. The van der Waals surface area contributed by atoms with E-state index in [1.807, 2.05) is 34.9 Å². The zero-order valence-corrected chi connectivity index (χ0v) is 17.6. The highest BCUT2D eigenvalue weighted by Crippen LogP contribution is 2.30. The van der Waals surface area contributed by atoms with E-state index in [-0.39, 0.29) is 11.8 Å². The number of fused-ring (bicyclic) bond motifs is 1. The largest absolute Gasteiger partial charge is 0.368 e. The maximum atomic E-state index is 13.1. The second-order valence-electron chi connectivity index (χ2n) is 7.99. The van der Waals surface area contributed by atoms with E-state index in [4.69, 9.17) is 0 Å². The summed E-state index contributed by atoms with van der Waals surface area (Å²) in [6.45, 7) is 10.1. The minimum absolute atomic E-state index is 0.0914. The zero-order valence-electron chi connectivity index (χ0n) is 17.6. The van der Waals surface area contributed by atoms with Gasteiger partial charge in [-0.3, -0.25) is 9.59 Å². The van der Waals surface area contributed by atoms with Crippen LogP contribution in [0.15, 0.2) is 36.4 Å². The molecule has 0 unspecified atom stereocenters. The molecular formula is C24H29N3O2. The molecule has 2 aliphatic rings. The Morgan fingerprint density at radius 3 is 2.41 bits per heavy atom. The maximum absolute atomic E-state index is 13.1. The van der Waals surface area contributed by atoms with Crippen molar-refractivity contribution in [3.63, 3.8) is 0 Å². The highest BCUT2D eigenvalue weighted by Gasteiger charge is 2.27. The first kappa shape index (κ1) is 19.5. The first-order chi connectivity index (χ1) is 14.0. The van der Waals surface area contributed by atoms with Crippen molar-refractivity contribution in [3.05, 3.63) is 58.7 Å². The lowest BCUT2D eigenvalue weighted by Crippen LogP contribution is -2.49. The summed E-state index contributed by atoms with van der Waals surface area (Å²) in [5, 5.41) is 0. The van der Waals surface area contributed by atoms with E-state index in [2.05, 4.69) is 36.9 Å². The number of hydrogen-bond donors (Lipinski definition) is 0. The minimum atomic E-state index is 0.0914. The number of nitrogens with zero attached hydrogens (tertiary/aromatic N) is 3. The van der Waals surface area contributed by atoms with Crippen molar-refractivity contribution in [2.24, 2.45) is 0 Å². The Bertz CT molecular complexity index is 945. The molecule has 2 aromatic carbocycles. The Hall–Kier alpha value is -2.82. The van der Waals surface area contributed by atoms with Crippen LogP contribution in [0.4, 0.5) is 11.4 Å². The van der Waals surface area contributed by atoms with Gasteiger partial charge in [-0.1, -0.05) is 19.1 Å². The van der Waals surface area contributed by atoms with Crippen molar-refractivity contribution < 1.29 is 9.59 Å². The first-order valence-corrected chi connectivity index (χ1v) is 10.5. The van der Waals surface area contributed by atoms with E-state index < -0.39 is 0 Å². The topological polar surface area (TPSA) is 43.9 Å². The highest BCUT2D eigenvalue weighted by molar-refractivity contribution is 5.98. The number of hydrogen-bond acceptors (Lipinski definition) is 3. The van der Waals surface area contributed by atoms with Gasteiger partial charge in [0.25, 0.3) is 5.91 Å². The lowest BCUT2D eigenvalue weighted by Gasteiger charge is -2.37. The average molecular weight is 392 g/mol. The second-order valence-corrected chi connectivity index (χ2v) is 7.99. The second kappa shape index (κ2) is 7.90. The number of benzene rings is 2. The number of anilines is 2. The molecule has 1 fully saturated rings. The van der Waals surface area contributed by atoms with Gasteiger partial charge in [0.2, 0.25) is 5.91 Å². The van der Waals surface area contributed by atoms with Crippen LogP contribution in [0.5, 0.6) is 0 Å². The molecule has 0 saturated carbocycles. The standard InChI is InChI=1S/C24H29N3O2/c1-4-23(28)27-11-10-19-16-20(8-9-22(19)27)24(29)26-14-12-25(13-15-26)21-7-5-6-17(2)18(21)3/h5-9,16H,4,10-15H2,1-3H3. The molecule has 0 aromatic heterocycles. The number of carbonyl (C=O) groups excluding carboxylic acids is 2. The molecule has 2 aromatic rings. The summed E-state index contributed by atoms with van der Waals surface area (Å²) in [5.74, 6) is 0.235. The van der Waals surface area contributed by atoms with Crippen LogP contribution in [0.25, 0.3) is 0 Å². The molecule has 29 heavy (non-hydrogen) atoms. The van der Waals surface area contributed by atoms with Crippen molar-refractivity contribution in [2.75, 3.05) is 42.5 Å². The Balaban J connectivity index is 1.44. The van der Waals surface area contributed by atoms with E-state index >= 15 is 0 Å². The van der Waals surface area contributed by atoms with Crippen LogP contribution in [-0.4, -0.2) is 49.4 Å². The number of rotatable bonds is 3. The molecular weight excluding hydrogens is 362 g/mol. The summed E-state index contributed by atoms with van der Waals surface area (Å²) in [6, 6.07) is 12.2. The third-order valence-corrected chi connectivity index (χ3v) is 6.31. The van der Waals surface area contributed by atoms with Gasteiger partial charge in [0.1, 0.15) is 0 Å². The molecule has 2 heterocycles. The number of piperazine rings is 1. The van der Waals surface area contributed by atoms with Crippen molar-refractivity contribution in [1.29, 1.82) is 0 Å². The SMILES string of the molecule is CCC(=O)N1CCc2cc(C(=O)N3CCN(c4cccc(C)c4C)CC3)ccc21. The molecule has 4 rings (SSSR count). The average Bonchev–Trinajstić information content (AvgIpc) is 3.18. The quantitative estimate of drug-likeness (QED) is 0.804. The van der Waals surface area contributed by atoms with Gasteiger partial charge in [0.05, 0.1) is 0 Å².